The van der Waals surface area contributed by atoms with Crippen LogP contribution >= 0.6 is 11.8 Å². The highest BCUT2D eigenvalue weighted by Gasteiger charge is 2.15. The first-order chi connectivity index (χ1) is 13.2. The molecule has 1 N–H and O–H groups in total. The SMILES string of the molecule is COC(=O)c1cc(Sc2cc(-c3ccn[nH]3)c(-c3cccnc3)cn2)co1. The minimum atomic E-state index is -0.514. The molecule has 0 aliphatic heterocycles. The molecule has 0 saturated heterocycles. The van der Waals surface area contributed by atoms with E-state index in [1.807, 2.05) is 24.3 Å². The van der Waals surface area contributed by atoms with E-state index in [0.29, 0.717) is 0 Å². The van der Waals surface area contributed by atoms with Crippen molar-refractivity contribution < 1.29 is 13.9 Å². The molecule has 0 saturated carbocycles. The Bertz CT molecular complexity index is 1060. The standard InChI is InChI=1S/C19H14N4O3S/c1-25-19(24)17-7-13(11-26-17)27-18-8-14(16-4-6-22-23-16)15(10-21-18)12-3-2-5-20-9-12/h2-11H,1H3,(H,22,23). The predicted molar refractivity (Wildman–Crippen MR) is 99.2 cm³/mol. The summed E-state index contributed by atoms with van der Waals surface area (Å²) in [5, 5.41) is 7.79. The van der Waals surface area contributed by atoms with Gasteiger partial charge in [0.05, 0.1) is 17.7 Å². The molecular weight excluding hydrogens is 364 g/mol. The molecule has 4 aromatic heterocycles. The quantitative estimate of drug-likeness (QED) is 0.523. The smallest absolute Gasteiger partial charge is 0.373 e. The minimum absolute atomic E-state index is 0.153. The second-order valence-electron chi connectivity index (χ2n) is 5.52. The second kappa shape index (κ2) is 7.46. The van der Waals surface area contributed by atoms with Crippen LogP contribution in [0.3, 0.4) is 0 Å². The predicted octanol–water partition coefficient (Wildman–Crippen LogP) is 4.06. The van der Waals surface area contributed by atoms with Gasteiger partial charge in [-0.05, 0) is 18.2 Å². The van der Waals surface area contributed by atoms with Crippen LogP contribution in [0.1, 0.15) is 10.6 Å². The first kappa shape index (κ1) is 17.0. The van der Waals surface area contributed by atoms with Gasteiger partial charge in [0, 0.05) is 47.5 Å². The topological polar surface area (TPSA) is 93.9 Å². The van der Waals surface area contributed by atoms with Gasteiger partial charge in [-0.15, -0.1) is 0 Å². The zero-order chi connectivity index (χ0) is 18.6. The third-order valence-electron chi connectivity index (χ3n) is 3.83. The summed E-state index contributed by atoms with van der Waals surface area (Å²) in [5.74, 6) is -0.361. The van der Waals surface area contributed by atoms with Crippen LogP contribution in [0.4, 0.5) is 0 Å². The number of carbonyl (C=O) groups is 1. The Morgan fingerprint density at radius 1 is 1.19 bits per heavy atom. The number of nitrogens with zero attached hydrogens (tertiary/aromatic N) is 3. The highest BCUT2D eigenvalue weighted by molar-refractivity contribution is 7.99. The molecule has 0 radical (unpaired) electrons. The number of rotatable bonds is 5. The first-order valence-electron chi connectivity index (χ1n) is 7.99. The van der Waals surface area contributed by atoms with E-state index in [2.05, 4.69) is 24.9 Å². The summed E-state index contributed by atoms with van der Waals surface area (Å²) in [4.78, 5) is 21.0. The molecule has 0 aliphatic carbocycles. The van der Waals surface area contributed by atoms with Gasteiger partial charge in [0.1, 0.15) is 11.3 Å². The summed E-state index contributed by atoms with van der Waals surface area (Å²) in [6.45, 7) is 0. The first-order valence-corrected chi connectivity index (χ1v) is 8.81. The molecule has 4 rings (SSSR count). The molecule has 4 heterocycles. The van der Waals surface area contributed by atoms with Gasteiger partial charge in [-0.25, -0.2) is 9.78 Å². The van der Waals surface area contributed by atoms with E-state index in [0.717, 1.165) is 32.3 Å². The Balaban J connectivity index is 1.70. The van der Waals surface area contributed by atoms with Crippen molar-refractivity contribution in [3.63, 3.8) is 0 Å². The lowest BCUT2D eigenvalue weighted by atomic mass is 10.0. The van der Waals surface area contributed by atoms with Crippen molar-refractivity contribution in [3.05, 3.63) is 67.1 Å². The molecule has 4 aromatic rings. The average Bonchev–Trinajstić information content (AvgIpc) is 3.40. The maximum absolute atomic E-state index is 11.5. The molecular formula is C19H14N4O3S. The summed E-state index contributed by atoms with van der Waals surface area (Å²) < 4.78 is 9.90. The average molecular weight is 378 g/mol. The number of H-pyrrole nitrogens is 1. The lowest BCUT2D eigenvalue weighted by Gasteiger charge is -2.09. The summed E-state index contributed by atoms with van der Waals surface area (Å²) in [7, 11) is 1.31. The number of carbonyl (C=O) groups excluding carboxylic acids is 1. The van der Waals surface area contributed by atoms with Gasteiger partial charge < -0.3 is 9.15 Å². The molecule has 0 fully saturated rings. The van der Waals surface area contributed by atoms with E-state index in [9.17, 15) is 4.79 Å². The van der Waals surface area contributed by atoms with Crippen LogP contribution in [0.5, 0.6) is 0 Å². The van der Waals surface area contributed by atoms with Crippen LogP contribution < -0.4 is 0 Å². The van der Waals surface area contributed by atoms with E-state index in [4.69, 9.17) is 4.42 Å². The summed E-state index contributed by atoms with van der Waals surface area (Å²) in [5.41, 5.74) is 3.73. The Morgan fingerprint density at radius 2 is 2.11 bits per heavy atom. The molecule has 0 amide bonds. The number of furan rings is 1. The Morgan fingerprint density at radius 3 is 2.85 bits per heavy atom. The van der Waals surface area contributed by atoms with Gasteiger partial charge in [-0.1, -0.05) is 17.8 Å². The van der Waals surface area contributed by atoms with Crippen molar-refractivity contribution in [1.82, 2.24) is 20.2 Å². The molecule has 0 atom stereocenters. The monoisotopic (exact) mass is 378 g/mol. The number of aromatic amines is 1. The van der Waals surface area contributed by atoms with Gasteiger partial charge in [-0.2, -0.15) is 5.10 Å². The van der Waals surface area contributed by atoms with Crippen molar-refractivity contribution >= 4 is 17.7 Å². The lowest BCUT2D eigenvalue weighted by Crippen LogP contribution is -1.98. The summed E-state index contributed by atoms with van der Waals surface area (Å²) in [6, 6.07) is 9.36. The van der Waals surface area contributed by atoms with E-state index in [1.54, 1.807) is 30.9 Å². The van der Waals surface area contributed by atoms with E-state index < -0.39 is 5.97 Å². The highest BCUT2D eigenvalue weighted by atomic mass is 32.2. The van der Waals surface area contributed by atoms with E-state index in [1.165, 1.54) is 25.1 Å². The molecule has 8 heteroatoms. The fourth-order valence-electron chi connectivity index (χ4n) is 2.57. The van der Waals surface area contributed by atoms with E-state index >= 15 is 0 Å². The van der Waals surface area contributed by atoms with Crippen LogP contribution in [0.25, 0.3) is 22.4 Å². The van der Waals surface area contributed by atoms with Crippen LogP contribution in [0.2, 0.25) is 0 Å². The number of ether oxygens (including phenoxy) is 1. The van der Waals surface area contributed by atoms with Crippen LogP contribution in [-0.2, 0) is 4.74 Å². The number of aromatic nitrogens is 4. The minimum Gasteiger partial charge on any atom is -0.463 e. The summed E-state index contributed by atoms with van der Waals surface area (Å²) in [6.07, 6.45) is 8.53. The number of methoxy groups -OCH3 is 1. The molecule has 0 aromatic carbocycles. The van der Waals surface area contributed by atoms with Crippen molar-refractivity contribution in [2.75, 3.05) is 7.11 Å². The van der Waals surface area contributed by atoms with Gasteiger partial charge in [0.15, 0.2) is 0 Å². The second-order valence-corrected chi connectivity index (χ2v) is 6.61. The Labute approximate surface area is 158 Å². The van der Waals surface area contributed by atoms with Crippen molar-refractivity contribution in [3.8, 4) is 22.4 Å². The van der Waals surface area contributed by atoms with Crippen LogP contribution in [0, 0.1) is 0 Å². The number of nitrogens with one attached hydrogen (secondary N) is 1. The fraction of sp³-hybridized carbons (Fsp3) is 0.0526. The number of esters is 1. The molecule has 0 spiro atoms. The lowest BCUT2D eigenvalue weighted by molar-refractivity contribution is 0.0565. The third kappa shape index (κ3) is 3.61. The van der Waals surface area contributed by atoms with Gasteiger partial charge >= 0.3 is 5.97 Å². The molecule has 134 valence electrons. The Kier molecular flexibility index (Phi) is 4.71. The molecule has 27 heavy (non-hydrogen) atoms. The zero-order valence-corrected chi connectivity index (χ0v) is 15.1. The maximum atomic E-state index is 11.5. The van der Waals surface area contributed by atoms with Crippen molar-refractivity contribution in [2.45, 2.75) is 9.92 Å². The normalized spacial score (nSPS) is 10.7. The highest BCUT2D eigenvalue weighted by Crippen LogP contribution is 2.35. The Hall–Kier alpha value is -3.39. The van der Waals surface area contributed by atoms with Crippen LogP contribution in [0.15, 0.2) is 75.7 Å². The zero-order valence-electron chi connectivity index (χ0n) is 14.2. The third-order valence-corrected chi connectivity index (χ3v) is 4.71. The number of hydrogen-bond donors (Lipinski definition) is 1. The summed E-state index contributed by atoms with van der Waals surface area (Å²) >= 11 is 1.39. The maximum Gasteiger partial charge on any atom is 0.373 e. The number of pyridine rings is 2. The molecule has 0 aliphatic rings. The molecule has 0 bridgehead atoms. The fourth-order valence-corrected chi connectivity index (χ4v) is 3.36. The number of hydrogen-bond acceptors (Lipinski definition) is 7. The van der Waals surface area contributed by atoms with Crippen molar-refractivity contribution in [1.29, 1.82) is 0 Å². The van der Waals surface area contributed by atoms with E-state index in [-0.39, 0.29) is 5.76 Å². The van der Waals surface area contributed by atoms with Crippen molar-refractivity contribution in [2.24, 2.45) is 0 Å². The molecule has 7 nitrogen and oxygen atoms in total. The molecule has 0 unspecified atom stereocenters. The van der Waals surface area contributed by atoms with Gasteiger partial charge in [0.2, 0.25) is 5.76 Å². The van der Waals surface area contributed by atoms with Gasteiger partial charge in [-0.3, -0.25) is 10.1 Å². The van der Waals surface area contributed by atoms with Gasteiger partial charge in [0.25, 0.3) is 0 Å². The largest absolute Gasteiger partial charge is 0.463 e. The van der Waals surface area contributed by atoms with Crippen LogP contribution in [-0.4, -0.2) is 33.2 Å².